The first-order chi connectivity index (χ1) is 13.1. The van der Waals surface area contributed by atoms with E-state index in [4.69, 9.17) is 4.98 Å². The van der Waals surface area contributed by atoms with Gasteiger partial charge in [0.05, 0.1) is 21.7 Å². The zero-order valence-electron chi connectivity index (χ0n) is 14.6. The van der Waals surface area contributed by atoms with Crippen LogP contribution in [0.4, 0.5) is 11.4 Å². The van der Waals surface area contributed by atoms with Crippen LogP contribution >= 0.6 is 11.3 Å². The fourth-order valence-corrected chi connectivity index (χ4v) is 4.70. The first-order valence-corrected chi connectivity index (χ1v) is 9.66. The number of nitrogens with one attached hydrogen (secondary N) is 2. The minimum atomic E-state index is -0.456. The second-order valence-electron chi connectivity index (χ2n) is 6.65. The molecule has 2 atom stereocenters. The van der Waals surface area contributed by atoms with E-state index in [1.54, 1.807) is 23.5 Å². The van der Waals surface area contributed by atoms with Crippen molar-refractivity contribution in [2.24, 2.45) is 0 Å². The quantitative estimate of drug-likeness (QED) is 0.523. The van der Waals surface area contributed by atoms with Crippen molar-refractivity contribution in [2.45, 2.75) is 18.9 Å². The number of fused-ring (bicyclic) bond motifs is 1. The molecule has 1 unspecified atom stereocenters. The third kappa shape index (κ3) is 3.81. The standard InChI is InChI=1S/C19H18N4O3S/c24-18(20-13-7-9-14(10-8-13)23(25)26)12-22-11-3-5-16(22)19-21-15-4-1-2-6-17(15)27-19/h1-2,4,6-10,16H,3,5,11-12H2,(H,20,24)/p+1/t16-/m0/s1. The largest absolute Gasteiger partial charge is 0.321 e. The summed E-state index contributed by atoms with van der Waals surface area (Å²) in [5, 5.41) is 14.6. The lowest BCUT2D eigenvalue weighted by atomic mass is 10.2. The topological polar surface area (TPSA) is 89.6 Å². The van der Waals surface area contributed by atoms with Gasteiger partial charge < -0.3 is 10.2 Å². The second kappa shape index (κ2) is 7.42. The van der Waals surface area contributed by atoms with E-state index in [1.807, 2.05) is 18.2 Å². The van der Waals surface area contributed by atoms with Crippen LogP contribution in [-0.2, 0) is 4.79 Å². The van der Waals surface area contributed by atoms with Crippen LogP contribution in [0.3, 0.4) is 0 Å². The van der Waals surface area contributed by atoms with Gasteiger partial charge in [0.1, 0.15) is 6.04 Å². The summed E-state index contributed by atoms with van der Waals surface area (Å²) < 4.78 is 1.18. The number of nitro benzene ring substituents is 1. The smallest absolute Gasteiger partial charge is 0.279 e. The lowest BCUT2D eigenvalue weighted by Gasteiger charge is -2.19. The summed E-state index contributed by atoms with van der Waals surface area (Å²) in [5.41, 5.74) is 1.59. The maximum absolute atomic E-state index is 12.5. The van der Waals surface area contributed by atoms with Crippen molar-refractivity contribution in [1.82, 2.24) is 4.98 Å². The molecule has 2 heterocycles. The molecule has 2 aromatic carbocycles. The normalized spacial score (nSPS) is 19.3. The average molecular weight is 383 g/mol. The molecule has 8 heteroatoms. The molecule has 0 bridgehead atoms. The van der Waals surface area contributed by atoms with Crippen molar-refractivity contribution >= 4 is 38.8 Å². The number of amides is 1. The maximum Gasteiger partial charge on any atom is 0.279 e. The molecule has 0 aliphatic carbocycles. The van der Waals surface area contributed by atoms with Gasteiger partial charge in [-0.3, -0.25) is 14.9 Å². The second-order valence-corrected chi connectivity index (χ2v) is 7.71. The van der Waals surface area contributed by atoms with Crippen molar-refractivity contribution in [3.63, 3.8) is 0 Å². The van der Waals surface area contributed by atoms with Gasteiger partial charge in [-0.2, -0.15) is 0 Å². The van der Waals surface area contributed by atoms with E-state index in [2.05, 4.69) is 11.4 Å². The van der Waals surface area contributed by atoms with E-state index in [9.17, 15) is 14.9 Å². The fraction of sp³-hybridized carbons (Fsp3) is 0.263. The van der Waals surface area contributed by atoms with E-state index >= 15 is 0 Å². The number of rotatable bonds is 5. The van der Waals surface area contributed by atoms with Gasteiger partial charge in [0.15, 0.2) is 11.6 Å². The molecule has 0 radical (unpaired) electrons. The van der Waals surface area contributed by atoms with Gasteiger partial charge in [-0.1, -0.05) is 12.1 Å². The number of nitrogens with zero attached hydrogens (tertiary/aromatic N) is 2. The van der Waals surface area contributed by atoms with Crippen molar-refractivity contribution in [3.8, 4) is 0 Å². The van der Waals surface area contributed by atoms with Gasteiger partial charge in [0.25, 0.3) is 11.6 Å². The number of quaternary nitrogens is 1. The van der Waals surface area contributed by atoms with E-state index in [-0.39, 0.29) is 17.6 Å². The Morgan fingerprint density at radius 2 is 2.04 bits per heavy atom. The molecule has 1 aromatic heterocycles. The number of benzene rings is 2. The third-order valence-electron chi connectivity index (χ3n) is 4.84. The first-order valence-electron chi connectivity index (χ1n) is 8.84. The molecule has 27 heavy (non-hydrogen) atoms. The third-order valence-corrected chi connectivity index (χ3v) is 5.99. The van der Waals surface area contributed by atoms with Gasteiger partial charge in [0, 0.05) is 30.7 Å². The molecular weight excluding hydrogens is 364 g/mol. The van der Waals surface area contributed by atoms with Crippen LogP contribution in [0.2, 0.25) is 0 Å². The van der Waals surface area contributed by atoms with E-state index in [1.165, 1.54) is 21.7 Å². The van der Waals surface area contributed by atoms with Gasteiger partial charge in [-0.05, 0) is 24.3 Å². The number of carbonyl (C=O) groups excluding carboxylic acids is 1. The van der Waals surface area contributed by atoms with Crippen LogP contribution in [0.1, 0.15) is 23.9 Å². The monoisotopic (exact) mass is 383 g/mol. The highest BCUT2D eigenvalue weighted by Crippen LogP contribution is 2.28. The first kappa shape index (κ1) is 17.6. The molecule has 138 valence electrons. The summed E-state index contributed by atoms with van der Waals surface area (Å²) >= 11 is 1.71. The number of anilines is 1. The highest BCUT2D eigenvalue weighted by atomic mass is 32.1. The predicted octanol–water partition coefficient (Wildman–Crippen LogP) is 2.56. The number of carbonyl (C=O) groups is 1. The fourth-order valence-electron chi connectivity index (χ4n) is 3.54. The molecule has 0 saturated carbocycles. The minimum Gasteiger partial charge on any atom is -0.321 e. The number of nitro groups is 1. The molecule has 7 nitrogen and oxygen atoms in total. The van der Waals surface area contributed by atoms with Crippen molar-refractivity contribution < 1.29 is 14.6 Å². The van der Waals surface area contributed by atoms with Crippen LogP contribution in [0.15, 0.2) is 48.5 Å². The van der Waals surface area contributed by atoms with Crippen LogP contribution < -0.4 is 10.2 Å². The van der Waals surface area contributed by atoms with E-state index in [0.717, 1.165) is 29.9 Å². The molecule has 3 aromatic rings. The lowest BCUT2D eigenvalue weighted by molar-refractivity contribution is -0.910. The number of hydrogen-bond donors (Lipinski definition) is 2. The van der Waals surface area contributed by atoms with Crippen LogP contribution in [0.5, 0.6) is 0 Å². The molecule has 1 saturated heterocycles. The number of non-ortho nitro benzene ring substituents is 1. The Labute approximate surface area is 159 Å². The average Bonchev–Trinajstić information content (AvgIpc) is 3.28. The molecular formula is C19H19N4O3S+. The van der Waals surface area contributed by atoms with Crippen LogP contribution in [0, 0.1) is 10.1 Å². The van der Waals surface area contributed by atoms with Gasteiger partial charge in [0.2, 0.25) is 0 Å². The zero-order valence-corrected chi connectivity index (χ0v) is 15.4. The molecule has 1 fully saturated rings. The summed E-state index contributed by atoms with van der Waals surface area (Å²) in [7, 11) is 0. The Balaban J connectivity index is 1.43. The number of thiazole rings is 1. The molecule has 2 N–H and O–H groups in total. The number of likely N-dealkylation sites (tertiary alicyclic amines) is 1. The Bertz CT molecular complexity index is 953. The van der Waals surface area contributed by atoms with E-state index in [0.29, 0.717) is 12.2 Å². The van der Waals surface area contributed by atoms with Crippen molar-refractivity contribution in [3.05, 3.63) is 63.7 Å². The number of aromatic nitrogens is 1. The van der Waals surface area contributed by atoms with Gasteiger partial charge in [-0.25, -0.2) is 4.98 Å². The SMILES string of the molecule is O=C(C[NH+]1CCC[C@H]1c1nc2ccccc2s1)Nc1ccc([N+](=O)[O-])cc1. The Morgan fingerprint density at radius 3 is 2.78 bits per heavy atom. The molecule has 1 aliphatic heterocycles. The minimum absolute atomic E-state index is 0.00840. The zero-order chi connectivity index (χ0) is 18.8. The molecule has 1 amide bonds. The summed E-state index contributed by atoms with van der Waals surface area (Å²) in [6, 6.07) is 14.2. The lowest BCUT2D eigenvalue weighted by Crippen LogP contribution is -3.11. The highest BCUT2D eigenvalue weighted by molar-refractivity contribution is 7.18. The predicted molar refractivity (Wildman–Crippen MR) is 104 cm³/mol. The van der Waals surface area contributed by atoms with E-state index < -0.39 is 4.92 Å². The Morgan fingerprint density at radius 1 is 1.26 bits per heavy atom. The summed E-state index contributed by atoms with van der Waals surface area (Å²) in [4.78, 5) is 28.7. The number of hydrogen-bond acceptors (Lipinski definition) is 5. The Kier molecular flexibility index (Phi) is 4.83. The van der Waals surface area contributed by atoms with Crippen LogP contribution in [-0.4, -0.2) is 28.9 Å². The summed E-state index contributed by atoms with van der Waals surface area (Å²) in [6.45, 7) is 1.30. The van der Waals surface area contributed by atoms with Gasteiger partial charge in [-0.15, -0.1) is 11.3 Å². The molecule has 1 aliphatic rings. The van der Waals surface area contributed by atoms with Crippen molar-refractivity contribution in [1.29, 1.82) is 0 Å². The maximum atomic E-state index is 12.5. The van der Waals surface area contributed by atoms with Crippen molar-refractivity contribution in [2.75, 3.05) is 18.4 Å². The summed E-state index contributed by atoms with van der Waals surface area (Å²) in [6.07, 6.45) is 2.10. The number of para-hydroxylation sites is 1. The molecule has 0 spiro atoms. The molecule has 4 rings (SSSR count). The van der Waals surface area contributed by atoms with Gasteiger partial charge >= 0.3 is 0 Å². The highest BCUT2D eigenvalue weighted by Gasteiger charge is 2.34. The Hall–Kier alpha value is -2.84. The summed E-state index contributed by atoms with van der Waals surface area (Å²) in [5.74, 6) is -0.0909. The van der Waals surface area contributed by atoms with Crippen LogP contribution in [0.25, 0.3) is 10.2 Å².